The molecule has 1 aliphatic carbocycles. The molecule has 0 atom stereocenters. The predicted molar refractivity (Wildman–Crippen MR) is 91.2 cm³/mol. The number of ether oxygens (including phenoxy) is 2. The summed E-state index contributed by atoms with van der Waals surface area (Å²) in [5, 5.41) is 21.0. The van der Waals surface area contributed by atoms with Gasteiger partial charge in [-0.2, -0.15) is 0 Å². The fourth-order valence-corrected chi connectivity index (χ4v) is 3.46. The largest absolute Gasteiger partial charge is 0.470 e. The molecule has 0 spiro atoms. The van der Waals surface area contributed by atoms with Gasteiger partial charge < -0.3 is 19.7 Å². The number of rotatable bonds is 9. The number of amides is 1. The zero-order valence-corrected chi connectivity index (χ0v) is 14.6. The molecule has 0 aliphatic heterocycles. The third kappa shape index (κ3) is 7.46. The van der Waals surface area contributed by atoms with Crippen LogP contribution in [0.15, 0.2) is 6.20 Å². The molecule has 8 heteroatoms. The van der Waals surface area contributed by atoms with Crippen molar-refractivity contribution < 1.29 is 24.5 Å². The molecule has 1 aliphatic rings. The van der Waals surface area contributed by atoms with Crippen molar-refractivity contribution >= 4 is 22.4 Å². The lowest BCUT2D eigenvalue weighted by Gasteiger charge is -2.21. The molecular weight excluding hydrogens is 332 g/mol. The molecular formula is C16H26N2O5S. The Morgan fingerprint density at radius 3 is 2.88 bits per heavy atom. The Labute approximate surface area is 146 Å². The molecule has 0 unspecified atom stereocenters. The van der Waals surface area contributed by atoms with Crippen LogP contribution in [0.1, 0.15) is 51.4 Å². The van der Waals surface area contributed by atoms with Gasteiger partial charge in [0.05, 0.1) is 19.4 Å². The molecule has 1 aromatic rings. The highest BCUT2D eigenvalue weighted by molar-refractivity contribution is 7.17. The van der Waals surface area contributed by atoms with Crippen molar-refractivity contribution in [3.8, 4) is 5.19 Å². The summed E-state index contributed by atoms with van der Waals surface area (Å²) in [5.74, 6) is 0.795. The van der Waals surface area contributed by atoms with Gasteiger partial charge in [0.25, 0.3) is 5.19 Å². The number of aliphatic hydroxyl groups is 2. The van der Waals surface area contributed by atoms with E-state index in [0.717, 1.165) is 18.8 Å². The zero-order chi connectivity index (χ0) is 17.2. The maximum atomic E-state index is 11.7. The fraction of sp³-hybridized carbons (Fsp3) is 0.750. The minimum Gasteiger partial charge on any atom is -0.470 e. The highest BCUT2D eigenvalue weighted by Crippen LogP contribution is 2.27. The van der Waals surface area contributed by atoms with E-state index in [1.165, 1.54) is 49.6 Å². The maximum absolute atomic E-state index is 11.7. The first kappa shape index (κ1) is 19.0. The lowest BCUT2D eigenvalue weighted by atomic mass is 9.86. The van der Waals surface area contributed by atoms with Gasteiger partial charge in [-0.1, -0.05) is 43.4 Å². The summed E-state index contributed by atoms with van der Waals surface area (Å²) in [5.41, 5.74) is 0. The van der Waals surface area contributed by atoms with Crippen molar-refractivity contribution in [2.45, 2.75) is 57.7 Å². The van der Waals surface area contributed by atoms with E-state index in [1.54, 1.807) is 0 Å². The normalized spacial score (nSPS) is 15.5. The van der Waals surface area contributed by atoms with E-state index < -0.39 is 12.4 Å². The van der Waals surface area contributed by atoms with Crippen LogP contribution >= 0.6 is 11.3 Å². The first-order chi connectivity index (χ1) is 11.6. The number of carbonyl (C=O) groups is 1. The summed E-state index contributed by atoms with van der Waals surface area (Å²) >= 11 is 1.17. The number of hydrogen-bond acceptors (Lipinski definition) is 7. The van der Waals surface area contributed by atoms with E-state index in [4.69, 9.17) is 19.7 Å². The minimum atomic E-state index is -1.40. The van der Waals surface area contributed by atoms with E-state index in [-0.39, 0.29) is 13.0 Å². The predicted octanol–water partition coefficient (Wildman–Crippen LogP) is 3.13. The van der Waals surface area contributed by atoms with Crippen LogP contribution in [0.3, 0.4) is 0 Å². The zero-order valence-electron chi connectivity index (χ0n) is 13.8. The third-order valence-electron chi connectivity index (χ3n) is 4.03. The molecule has 1 saturated carbocycles. The van der Waals surface area contributed by atoms with Crippen LogP contribution in [-0.4, -0.2) is 40.8 Å². The summed E-state index contributed by atoms with van der Waals surface area (Å²) in [6.45, 7) is 0.578. The quantitative estimate of drug-likeness (QED) is 0.463. The SMILES string of the molecule is O=C(Nc1cnc(OCCC(O)O)s1)OCCCC1CCCCC1. The van der Waals surface area contributed by atoms with Gasteiger partial charge in [-0.15, -0.1) is 0 Å². The number of carbonyl (C=O) groups excluding carboxylic acids is 1. The van der Waals surface area contributed by atoms with Crippen molar-refractivity contribution in [1.82, 2.24) is 4.98 Å². The van der Waals surface area contributed by atoms with Crippen LogP contribution in [0.25, 0.3) is 0 Å². The molecule has 0 radical (unpaired) electrons. The van der Waals surface area contributed by atoms with Gasteiger partial charge in [-0.25, -0.2) is 9.78 Å². The average molecular weight is 358 g/mol. The number of nitrogens with zero attached hydrogens (tertiary/aromatic N) is 1. The van der Waals surface area contributed by atoms with Gasteiger partial charge in [0, 0.05) is 6.42 Å². The first-order valence-electron chi connectivity index (χ1n) is 8.52. The van der Waals surface area contributed by atoms with Gasteiger partial charge in [0.1, 0.15) is 5.00 Å². The van der Waals surface area contributed by atoms with Crippen LogP contribution < -0.4 is 10.1 Å². The molecule has 1 amide bonds. The Morgan fingerprint density at radius 1 is 1.33 bits per heavy atom. The average Bonchev–Trinajstić information content (AvgIpc) is 2.99. The Hall–Kier alpha value is -1.38. The lowest BCUT2D eigenvalue weighted by Crippen LogP contribution is -2.14. The topological polar surface area (TPSA) is 101 Å². The molecule has 3 N–H and O–H groups in total. The van der Waals surface area contributed by atoms with E-state index in [9.17, 15) is 4.79 Å². The molecule has 1 fully saturated rings. The van der Waals surface area contributed by atoms with Crippen molar-refractivity contribution in [3.63, 3.8) is 0 Å². The highest BCUT2D eigenvalue weighted by Gasteiger charge is 2.13. The molecule has 136 valence electrons. The van der Waals surface area contributed by atoms with Crippen molar-refractivity contribution in [2.75, 3.05) is 18.5 Å². The molecule has 2 rings (SSSR count). The fourth-order valence-electron chi connectivity index (χ4n) is 2.78. The minimum absolute atomic E-state index is 0.103. The van der Waals surface area contributed by atoms with Crippen LogP contribution in [0.2, 0.25) is 0 Å². The van der Waals surface area contributed by atoms with Crippen molar-refractivity contribution in [1.29, 1.82) is 0 Å². The molecule has 24 heavy (non-hydrogen) atoms. The van der Waals surface area contributed by atoms with Gasteiger partial charge in [-0.3, -0.25) is 5.32 Å². The number of hydrogen-bond donors (Lipinski definition) is 3. The third-order valence-corrected chi connectivity index (χ3v) is 4.85. The molecule has 0 bridgehead atoms. The Bertz CT molecular complexity index is 489. The summed E-state index contributed by atoms with van der Waals surface area (Å²) in [6.07, 6.45) is 8.37. The van der Waals surface area contributed by atoms with Gasteiger partial charge in [-0.05, 0) is 18.8 Å². The molecule has 0 saturated heterocycles. The maximum Gasteiger partial charge on any atom is 0.412 e. The van der Waals surface area contributed by atoms with Crippen molar-refractivity contribution in [3.05, 3.63) is 6.20 Å². The number of aliphatic hydroxyl groups excluding tert-OH is 1. The molecule has 7 nitrogen and oxygen atoms in total. The molecule has 1 heterocycles. The van der Waals surface area contributed by atoms with Crippen LogP contribution in [0.4, 0.5) is 9.80 Å². The number of nitrogens with one attached hydrogen (secondary N) is 1. The van der Waals surface area contributed by atoms with Crippen LogP contribution in [0, 0.1) is 5.92 Å². The van der Waals surface area contributed by atoms with E-state index in [1.807, 2.05) is 0 Å². The Kier molecular flexibility index (Phi) is 8.27. The van der Waals surface area contributed by atoms with E-state index >= 15 is 0 Å². The monoisotopic (exact) mass is 358 g/mol. The van der Waals surface area contributed by atoms with E-state index in [0.29, 0.717) is 16.8 Å². The summed E-state index contributed by atoms with van der Waals surface area (Å²) < 4.78 is 10.4. The smallest absolute Gasteiger partial charge is 0.412 e. The molecule has 0 aromatic carbocycles. The summed E-state index contributed by atoms with van der Waals surface area (Å²) in [6, 6.07) is 0. The number of thiazole rings is 1. The van der Waals surface area contributed by atoms with Gasteiger partial charge >= 0.3 is 6.09 Å². The first-order valence-corrected chi connectivity index (χ1v) is 9.33. The van der Waals surface area contributed by atoms with Gasteiger partial charge in [0.15, 0.2) is 6.29 Å². The second-order valence-electron chi connectivity index (χ2n) is 6.02. The van der Waals surface area contributed by atoms with Gasteiger partial charge in [0.2, 0.25) is 0 Å². The standard InChI is InChI=1S/C16H26N2O5S/c19-14(20)8-10-23-16-17-11-13(24-16)18-15(21)22-9-4-7-12-5-2-1-3-6-12/h11-12,14,19-20H,1-10H2,(H,18,21). The second-order valence-corrected chi connectivity index (χ2v) is 7.01. The Balaban J connectivity index is 1.57. The second kappa shape index (κ2) is 10.5. The Morgan fingerprint density at radius 2 is 2.12 bits per heavy atom. The molecule has 1 aromatic heterocycles. The lowest BCUT2D eigenvalue weighted by molar-refractivity contribution is -0.0519. The summed E-state index contributed by atoms with van der Waals surface area (Å²) in [7, 11) is 0. The van der Waals surface area contributed by atoms with Crippen LogP contribution in [-0.2, 0) is 4.74 Å². The van der Waals surface area contributed by atoms with Crippen LogP contribution in [0.5, 0.6) is 5.19 Å². The van der Waals surface area contributed by atoms with Crippen molar-refractivity contribution in [2.24, 2.45) is 5.92 Å². The van der Waals surface area contributed by atoms with E-state index in [2.05, 4.69) is 10.3 Å². The number of anilines is 1. The summed E-state index contributed by atoms with van der Waals surface area (Å²) in [4.78, 5) is 15.7. The number of aromatic nitrogens is 1. The highest BCUT2D eigenvalue weighted by atomic mass is 32.1.